The van der Waals surface area contributed by atoms with Gasteiger partial charge in [-0.2, -0.15) is 0 Å². The van der Waals surface area contributed by atoms with Gasteiger partial charge < -0.3 is 14.7 Å². The van der Waals surface area contributed by atoms with E-state index in [4.69, 9.17) is 9.84 Å². The van der Waals surface area contributed by atoms with Gasteiger partial charge in [0.25, 0.3) is 0 Å². The third-order valence-corrected chi connectivity index (χ3v) is 3.93. The number of halogens is 1. The number of piperazine rings is 1. The van der Waals surface area contributed by atoms with Gasteiger partial charge in [-0.3, -0.25) is 4.90 Å². The number of hydrogen-bond acceptors (Lipinski definition) is 4. The number of carbonyl (C=O) groups is 1. The Bertz CT molecular complexity index is 473. The van der Waals surface area contributed by atoms with Crippen molar-refractivity contribution < 1.29 is 14.6 Å². The van der Waals surface area contributed by atoms with E-state index in [2.05, 4.69) is 32.8 Å². The molecule has 1 aromatic carbocycles. The fourth-order valence-electron chi connectivity index (χ4n) is 2.15. The number of benzene rings is 1. The summed E-state index contributed by atoms with van der Waals surface area (Å²) < 4.78 is 6.36. The second kappa shape index (κ2) is 7.06. The molecular weight excluding hydrogens is 324 g/mol. The van der Waals surface area contributed by atoms with Crippen LogP contribution in [0.1, 0.15) is 10.4 Å². The summed E-state index contributed by atoms with van der Waals surface area (Å²) in [6, 6.07) is 5.04. The Kier molecular flexibility index (Phi) is 5.39. The monoisotopic (exact) mass is 342 g/mol. The number of nitrogens with zero attached hydrogens (tertiary/aromatic N) is 2. The van der Waals surface area contributed by atoms with E-state index in [1.54, 1.807) is 18.2 Å². The molecule has 0 atom stereocenters. The second-order valence-electron chi connectivity index (χ2n) is 4.94. The van der Waals surface area contributed by atoms with Gasteiger partial charge in [0.2, 0.25) is 0 Å². The van der Waals surface area contributed by atoms with E-state index in [-0.39, 0.29) is 5.56 Å². The predicted octanol–water partition coefficient (Wildman–Crippen LogP) is 1.77. The minimum atomic E-state index is -0.971. The Hall–Kier alpha value is -1.11. The molecular formula is C14H19BrN2O3. The van der Waals surface area contributed by atoms with Crippen LogP contribution in [0.25, 0.3) is 0 Å². The third-order valence-electron chi connectivity index (χ3n) is 3.43. The zero-order valence-corrected chi connectivity index (χ0v) is 13.1. The molecule has 6 heteroatoms. The molecule has 0 aliphatic carbocycles. The van der Waals surface area contributed by atoms with Crippen molar-refractivity contribution in [3.63, 3.8) is 0 Å². The fourth-order valence-corrected chi connectivity index (χ4v) is 2.51. The van der Waals surface area contributed by atoms with Crippen molar-refractivity contribution in [2.75, 3.05) is 46.4 Å². The lowest BCUT2D eigenvalue weighted by Gasteiger charge is -2.32. The quantitative estimate of drug-likeness (QED) is 0.883. The van der Waals surface area contributed by atoms with Gasteiger partial charge >= 0.3 is 5.97 Å². The van der Waals surface area contributed by atoms with Crippen LogP contribution in [0.15, 0.2) is 22.7 Å². The molecule has 1 heterocycles. The largest absolute Gasteiger partial charge is 0.491 e. The lowest BCUT2D eigenvalue weighted by Crippen LogP contribution is -2.45. The molecule has 2 rings (SSSR count). The van der Waals surface area contributed by atoms with Crippen LogP contribution in [-0.4, -0.2) is 67.3 Å². The highest BCUT2D eigenvalue weighted by Gasteiger charge is 2.15. The minimum Gasteiger partial charge on any atom is -0.491 e. The average molecular weight is 343 g/mol. The molecule has 1 N–H and O–H groups in total. The molecule has 0 amide bonds. The Morgan fingerprint density at radius 2 is 2.05 bits per heavy atom. The van der Waals surface area contributed by atoms with Gasteiger partial charge in [0.15, 0.2) is 0 Å². The maximum atomic E-state index is 11.2. The Morgan fingerprint density at radius 1 is 1.35 bits per heavy atom. The number of carboxylic acids is 1. The van der Waals surface area contributed by atoms with E-state index >= 15 is 0 Å². The van der Waals surface area contributed by atoms with E-state index in [1.807, 2.05) is 0 Å². The summed E-state index contributed by atoms with van der Waals surface area (Å²) in [5, 5.41) is 9.15. The van der Waals surface area contributed by atoms with Crippen molar-refractivity contribution in [2.24, 2.45) is 0 Å². The van der Waals surface area contributed by atoms with Gasteiger partial charge in [-0.15, -0.1) is 0 Å². The molecule has 1 aromatic rings. The maximum absolute atomic E-state index is 11.2. The fraction of sp³-hybridized carbons (Fsp3) is 0.500. The van der Waals surface area contributed by atoms with Gasteiger partial charge in [-0.1, -0.05) is 15.9 Å². The summed E-state index contributed by atoms with van der Waals surface area (Å²) in [6.07, 6.45) is 0. The smallest absolute Gasteiger partial charge is 0.339 e. The van der Waals surface area contributed by atoms with Crippen molar-refractivity contribution in [2.45, 2.75) is 0 Å². The highest BCUT2D eigenvalue weighted by atomic mass is 79.9. The summed E-state index contributed by atoms with van der Waals surface area (Å²) >= 11 is 3.27. The first-order valence-corrected chi connectivity index (χ1v) is 7.42. The Morgan fingerprint density at radius 3 is 2.70 bits per heavy atom. The predicted molar refractivity (Wildman–Crippen MR) is 80.5 cm³/mol. The molecule has 0 spiro atoms. The zero-order chi connectivity index (χ0) is 14.5. The third kappa shape index (κ3) is 4.19. The maximum Gasteiger partial charge on any atom is 0.339 e. The van der Waals surface area contributed by atoms with Crippen LogP contribution in [-0.2, 0) is 0 Å². The van der Waals surface area contributed by atoms with Crippen molar-refractivity contribution in [3.8, 4) is 5.75 Å². The van der Waals surface area contributed by atoms with Crippen LogP contribution < -0.4 is 4.74 Å². The van der Waals surface area contributed by atoms with E-state index in [9.17, 15) is 4.79 Å². The van der Waals surface area contributed by atoms with Gasteiger partial charge in [0.05, 0.1) is 0 Å². The van der Waals surface area contributed by atoms with Gasteiger partial charge in [-0.25, -0.2) is 4.79 Å². The van der Waals surface area contributed by atoms with Crippen LogP contribution in [0.2, 0.25) is 0 Å². The first kappa shape index (κ1) is 15.3. The zero-order valence-electron chi connectivity index (χ0n) is 11.5. The van der Waals surface area contributed by atoms with Crippen LogP contribution >= 0.6 is 15.9 Å². The second-order valence-corrected chi connectivity index (χ2v) is 5.85. The SMILES string of the molecule is CN1CCN(CCOc2ccc(Br)cc2C(=O)O)CC1. The Labute approximate surface area is 127 Å². The molecule has 0 unspecified atom stereocenters. The molecule has 1 fully saturated rings. The van der Waals surface area contributed by atoms with E-state index < -0.39 is 5.97 Å². The van der Waals surface area contributed by atoms with E-state index in [1.165, 1.54) is 0 Å². The number of aromatic carboxylic acids is 1. The minimum absolute atomic E-state index is 0.192. The average Bonchev–Trinajstić information content (AvgIpc) is 2.42. The lowest BCUT2D eigenvalue weighted by molar-refractivity contribution is 0.0690. The van der Waals surface area contributed by atoms with Crippen molar-refractivity contribution in [1.29, 1.82) is 0 Å². The van der Waals surface area contributed by atoms with Gasteiger partial charge in [0, 0.05) is 37.2 Å². The van der Waals surface area contributed by atoms with Crippen LogP contribution in [0.4, 0.5) is 0 Å². The molecule has 0 bridgehead atoms. The molecule has 1 saturated heterocycles. The summed E-state index contributed by atoms with van der Waals surface area (Å²) in [7, 11) is 2.12. The molecule has 1 aliphatic heterocycles. The molecule has 110 valence electrons. The lowest BCUT2D eigenvalue weighted by atomic mass is 10.2. The summed E-state index contributed by atoms with van der Waals surface area (Å²) in [5.74, 6) is -0.546. The summed E-state index contributed by atoms with van der Waals surface area (Å²) in [6.45, 7) is 5.53. The van der Waals surface area contributed by atoms with E-state index in [0.717, 1.165) is 37.2 Å². The van der Waals surface area contributed by atoms with Gasteiger partial charge in [-0.05, 0) is 25.2 Å². The van der Waals surface area contributed by atoms with E-state index in [0.29, 0.717) is 12.4 Å². The molecule has 0 aromatic heterocycles. The molecule has 1 aliphatic rings. The number of rotatable bonds is 5. The van der Waals surface area contributed by atoms with Crippen LogP contribution in [0.5, 0.6) is 5.75 Å². The number of ether oxygens (including phenoxy) is 1. The topological polar surface area (TPSA) is 53.0 Å². The molecule has 0 saturated carbocycles. The molecule has 5 nitrogen and oxygen atoms in total. The number of hydrogen-bond donors (Lipinski definition) is 1. The van der Waals surface area contributed by atoms with Gasteiger partial charge in [0.1, 0.15) is 17.9 Å². The summed E-state index contributed by atoms with van der Waals surface area (Å²) in [4.78, 5) is 15.8. The van der Waals surface area contributed by atoms with Crippen molar-refractivity contribution in [3.05, 3.63) is 28.2 Å². The number of likely N-dealkylation sites (N-methyl/N-ethyl adjacent to an activating group) is 1. The van der Waals surface area contributed by atoms with Crippen LogP contribution in [0.3, 0.4) is 0 Å². The number of carboxylic acid groups (broad SMARTS) is 1. The standard InChI is InChI=1S/C14H19BrN2O3/c1-16-4-6-17(7-5-16)8-9-20-13-3-2-11(15)10-12(13)14(18)19/h2-3,10H,4-9H2,1H3,(H,18,19). The van der Waals surface area contributed by atoms with Crippen LogP contribution in [0, 0.1) is 0 Å². The highest BCUT2D eigenvalue weighted by Crippen LogP contribution is 2.23. The molecule has 20 heavy (non-hydrogen) atoms. The summed E-state index contributed by atoms with van der Waals surface area (Å²) in [5.41, 5.74) is 0.192. The first-order chi connectivity index (χ1) is 9.56. The van der Waals surface area contributed by atoms with Crippen molar-refractivity contribution >= 4 is 21.9 Å². The normalized spacial score (nSPS) is 17.1. The highest BCUT2D eigenvalue weighted by molar-refractivity contribution is 9.10. The van der Waals surface area contributed by atoms with Crippen molar-refractivity contribution in [1.82, 2.24) is 9.80 Å². The first-order valence-electron chi connectivity index (χ1n) is 6.63. The molecule has 0 radical (unpaired) electrons. The Balaban J connectivity index is 1.86.